The third-order valence-electron chi connectivity index (χ3n) is 3.25. The van der Waals surface area contributed by atoms with E-state index in [0.29, 0.717) is 11.8 Å². The van der Waals surface area contributed by atoms with Crippen molar-refractivity contribution in [2.75, 3.05) is 7.11 Å². The van der Waals surface area contributed by atoms with Crippen LogP contribution in [0.2, 0.25) is 0 Å². The van der Waals surface area contributed by atoms with Gasteiger partial charge in [-0.25, -0.2) is 4.79 Å². The molecule has 1 aromatic carbocycles. The van der Waals surface area contributed by atoms with Gasteiger partial charge in [0, 0.05) is 6.07 Å². The zero-order chi connectivity index (χ0) is 18.0. The number of thioether (sulfide) groups is 1. The number of phenolic OH excluding ortho intramolecular Hbond substituents is 1. The fraction of sp³-hybridized carbons (Fsp3) is 0.214. The molecule has 0 aliphatic carbocycles. The van der Waals surface area contributed by atoms with Gasteiger partial charge in [0.25, 0.3) is 16.8 Å². The molecule has 2 rings (SSSR count). The minimum Gasteiger partial charge on any atom is -0.508 e. The Morgan fingerprint density at radius 3 is 2.71 bits per heavy atom. The van der Waals surface area contributed by atoms with Crippen LogP contribution >= 0.6 is 11.8 Å². The van der Waals surface area contributed by atoms with Crippen LogP contribution in [0.3, 0.4) is 0 Å². The largest absolute Gasteiger partial charge is 0.508 e. The third kappa shape index (κ3) is 3.23. The fourth-order valence-electron chi connectivity index (χ4n) is 2.05. The van der Waals surface area contributed by atoms with Crippen molar-refractivity contribution in [1.82, 2.24) is 4.90 Å². The van der Waals surface area contributed by atoms with Crippen molar-refractivity contribution in [3.63, 3.8) is 0 Å². The van der Waals surface area contributed by atoms with Crippen LogP contribution in [0.5, 0.6) is 5.75 Å². The quantitative estimate of drug-likeness (QED) is 0.377. The lowest BCUT2D eigenvalue weighted by molar-refractivity contribution is -0.385. The average molecular weight is 352 g/mol. The SMILES string of the molecule is COC(=O)[C@H](C)N1C(=O)S/C(=C/c2cc(O)ccc2[N+](=O)[O-])C1=O. The minimum atomic E-state index is -1.12. The average Bonchev–Trinajstić information content (AvgIpc) is 2.79. The number of methoxy groups -OCH3 is 1. The van der Waals surface area contributed by atoms with Gasteiger partial charge in [0.1, 0.15) is 11.8 Å². The maximum Gasteiger partial charge on any atom is 0.328 e. The Balaban J connectivity index is 2.41. The van der Waals surface area contributed by atoms with Gasteiger partial charge in [-0.05, 0) is 36.9 Å². The Hall–Kier alpha value is -2.88. The second-order valence-corrected chi connectivity index (χ2v) is 5.74. The topological polar surface area (TPSA) is 127 Å². The van der Waals surface area contributed by atoms with Gasteiger partial charge < -0.3 is 9.84 Å². The first kappa shape index (κ1) is 17.5. The highest BCUT2D eigenvalue weighted by atomic mass is 32.2. The standard InChI is InChI=1S/C14H12N2O7S/c1-7(13(19)23-2)15-12(18)11(24-14(15)20)6-8-5-9(17)3-4-10(8)16(21)22/h3-7,17H,1-2H3/b11-6+/t7-/m0/s1. The minimum absolute atomic E-state index is 0.0313. The molecule has 0 radical (unpaired) electrons. The van der Waals surface area contributed by atoms with Gasteiger partial charge in [-0.15, -0.1) is 0 Å². The normalized spacial score (nSPS) is 17.2. The predicted octanol–water partition coefficient (Wildman–Crippen LogP) is 1.90. The summed E-state index contributed by atoms with van der Waals surface area (Å²) in [5.41, 5.74) is -0.364. The molecule has 1 aliphatic heterocycles. The number of amides is 2. The Bertz CT molecular complexity index is 774. The summed E-state index contributed by atoms with van der Waals surface area (Å²) in [5.74, 6) is -1.75. The van der Waals surface area contributed by atoms with Crippen LogP contribution in [0.1, 0.15) is 12.5 Å². The van der Waals surface area contributed by atoms with Gasteiger partial charge >= 0.3 is 5.97 Å². The van der Waals surface area contributed by atoms with E-state index in [0.717, 1.165) is 36.3 Å². The molecule has 126 valence electrons. The molecular weight excluding hydrogens is 340 g/mol. The van der Waals surface area contributed by atoms with E-state index in [1.165, 1.54) is 6.92 Å². The number of nitrogens with zero attached hydrogens (tertiary/aromatic N) is 2. The number of aromatic hydroxyl groups is 1. The first-order valence-corrected chi connectivity index (χ1v) is 7.40. The molecule has 0 spiro atoms. The smallest absolute Gasteiger partial charge is 0.328 e. The molecule has 9 nitrogen and oxygen atoms in total. The highest BCUT2D eigenvalue weighted by Crippen LogP contribution is 2.36. The molecule has 10 heteroatoms. The molecular formula is C14H12N2O7S. The molecule has 0 bridgehead atoms. The number of nitro benzene ring substituents is 1. The molecule has 1 atom stereocenters. The second kappa shape index (κ2) is 6.71. The Labute approximate surface area is 140 Å². The molecule has 1 aliphatic rings. The Kier molecular flexibility index (Phi) is 4.88. The zero-order valence-electron chi connectivity index (χ0n) is 12.6. The lowest BCUT2D eigenvalue weighted by atomic mass is 10.1. The number of phenols is 1. The maximum absolute atomic E-state index is 12.3. The summed E-state index contributed by atoms with van der Waals surface area (Å²) in [6.07, 6.45) is 1.13. The third-order valence-corrected chi connectivity index (χ3v) is 4.13. The molecule has 0 aromatic heterocycles. The number of carbonyl (C=O) groups excluding carboxylic acids is 3. The van der Waals surface area contributed by atoms with E-state index in [1.54, 1.807) is 0 Å². The van der Waals surface area contributed by atoms with Crippen molar-refractivity contribution < 1.29 is 29.2 Å². The van der Waals surface area contributed by atoms with Crippen LogP contribution in [0, 0.1) is 10.1 Å². The summed E-state index contributed by atoms with van der Waals surface area (Å²) in [4.78, 5) is 46.8. The number of imide groups is 1. The van der Waals surface area contributed by atoms with E-state index < -0.39 is 28.1 Å². The van der Waals surface area contributed by atoms with Crippen LogP contribution in [-0.4, -0.2) is 45.2 Å². The first-order chi connectivity index (χ1) is 11.3. The van der Waals surface area contributed by atoms with E-state index >= 15 is 0 Å². The Morgan fingerprint density at radius 2 is 2.12 bits per heavy atom. The number of rotatable bonds is 4. The number of carbonyl (C=O) groups is 3. The summed E-state index contributed by atoms with van der Waals surface area (Å²) < 4.78 is 4.50. The summed E-state index contributed by atoms with van der Waals surface area (Å²) in [6, 6.07) is 2.21. The van der Waals surface area contributed by atoms with Crippen LogP contribution in [0.4, 0.5) is 10.5 Å². The molecule has 1 saturated heterocycles. The van der Waals surface area contributed by atoms with Crippen molar-refractivity contribution >= 4 is 40.6 Å². The second-order valence-electron chi connectivity index (χ2n) is 4.75. The zero-order valence-corrected chi connectivity index (χ0v) is 13.4. The van der Waals surface area contributed by atoms with E-state index in [9.17, 15) is 29.6 Å². The van der Waals surface area contributed by atoms with Crippen LogP contribution < -0.4 is 0 Å². The van der Waals surface area contributed by atoms with Crippen molar-refractivity contribution in [2.24, 2.45) is 0 Å². The summed E-state index contributed by atoms with van der Waals surface area (Å²) in [5, 5.41) is 19.8. The van der Waals surface area contributed by atoms with Gasteiger partial charge in [0.15, 0.2) is 0 Å². The van der Waals surface area contributed by atoms with Crippen molar-refractivity contribution in [1.29, 1.82) is 0 Å². The van der Waals surface area contributed by atoms with Crippen molar-refractivity contribution in [3.05, 3.63) is 38.8 Å². The summed E-state index contributed by atoms with van der Waals surface area (Å²) in [7, 11) is 1.13. The Morgan fingerprint density at radius 1 is 1.46 bits per heavy atom. The summed E-state index contributed by atoms with van der Waals surface area (Å²) in [6.45, 7) is 1.34. The lowest BCUT2D eigenvalue weighted by Gasteiger charge is -2.18. The number of esters is 1. The fourth-order valence-corrected chi connectivity index (χ4v) is 2.95. The molecule has 1 heterocycles. The number of ether oxygens (including phenoxy) is 1. The molecule has 0 saturated carbocycles. The van der Waals surface area contributed by atoms with Crippen LogP contribution in [-0.2, 0) is 14.3 Å². The van der Waals surface area contributed by atoms with E-state index in [-0.39, 0.29) is 21.9 Å². The van der Waals surface area contributed by atoms with E-state index in [2.05, 4.69) is 4.74 Å². The number of hydrogen-bond donors (Lipinski definition) is 1. The van der Waals surface area contributed by atoms with Crippen molar-refractivity contribution in [2.45, 2.75) is 13.0 Å². The number of nitro groups is 1. The lowest BCUT2D eigenvalue weighted by Crippen LogP contribution is -2.42. The van der Waals surface area contributed by atoms with Gasteiger partial charge in [0.2, 0.25) is 0 Å². The highest BCUT2D eigenvalue weighted by Gasteiger charge is 2.41. The maximum atomic E-state index is 12.3. The first-order valence-electron chi connectivity index (χ1n) is 6.58. The van der Waals surface area contributed by atoms with Gasteiger partial charge in [-0.3, -0.25) is 24.6 Å². The van der Waals surface area contributed by atoms with Crippen molar-refractivity contribution in [3.8, 4) is 5.75 Å². The van der Waals surface area contributed by atoms with Gasteiger partial charge in [0.05, 0.1) is 22.5 Å². The van der Waals surface area contributed by atoms with Crippen LogP contribution in [0.15, 0.2) is 23.1 Å². The number of hydrogen-bond acceptors (Lipinski definition) is 8. The van der Waals surface area contributed by atoms with E-state index in [4.69, 9.17) is 0 Å². The molecule has 0 unspecified atom stereocenters. The molecule has 1 N–H and O–H groups in total. The predicted molar refractivity (Wildman–Crippen MR) is 84.0 cm³/mol. The van der Waals surface area contributed by atoms with Crippen LogP contribution in [0.25, 0.3) is 6.08 Å². The molecule has 24 heavy (non-hydrogen) atoms. The molecule has 1 fully saturated rings. The van der Waals surface area contributed by atoms with Gasteiger partial charge in [-0.2, -0.15) is 0 Å². The van der Waals surface area contributed by atoms with E-state index in [1.807, 2.05) is 0 Å². The monoisotopic (exact) mass is 352 g/mol. The summed E-state index contributed by atoms with van der Waals surface area (Å²) >= 11 is 0.546. The molecule has 2 amide bonds. The highest BCUT2D eigenvalue weighted by molar-refractivity contribution is 8.18. The number of benzene rings is 1. The van der Waals surface area contributed by atoms with Gasteiger partial charge in [-0.1, -0.05) is 0 Å². The molecule has 1 aromatic rings.